The van der Waals surface area contributed by atoms with E-state index in [1.807, 2.05) is 57.2 Å². The molecular formula is C15H19NO2S. The van der Waals surface area contributed by atoms with Crippen LogP contribution in [0.5, 0.6) is 0 Å². The Bertz CT molecular complexity index is 623. The van der Waals surface area contributed by atoms with Crippen LogP contribution in [0.4, 0.5) is 0 Å². The molecule has 0 fully saturated rings. The van der Waals surface area contributed by atoms with Crippen LogP contribution in [0.3, 0.4) is 0 Å². The first kappa shape index (κ1) is 14.2. The van der Waals surface area contributed by atoms with E-state index in [4.69, 9.17) is 0 Å². The summed E-state index contributed by atoms with van der Waals surface area (Å²) in [6.07, 6.45) is 0. The van der Waals surface area contributed by atoms with Gasteiger partial charge in [0.25, 0.3) is 0 Å². The Morgan fingerprint density at radius 1 is 1.16 bits per heavy atom. The monoisotopic (exact) mass is 277 g/mol. The number of nitrogens with one attached hydrogen (secondary N) is 1. The second-order valence-corrected chi connectivity index (χ2v) is 6.52. The van der Waals surface area contributed by atoms with E-state index < -0.39 is 16.5 Å². The Hall–Kier alpha value is -1.23. The van der Waals surface area contributed by atoms with E-state index in [0.29, 0.717) is 0 Å². The molecule has 1 atom stereocenters. The van der Waals surface area contributed by atoms with Gasteiger partial charge in [-0.15, -0.1) is 0 Å². The van der Waals surface area contributed by atoms with Crippen molar-refractivity contribution in [2.45, 2.75) is 31.2 Å². The molecule has 102 valence electrons. The average molecular weight is 277 g/mol. The highest BCUT2D eigenvalue weighted by molar-refractivity contribution is 7.83. The van der Waals surface area contributed by atoms with Gasteiger partial charge in [0.1, 0.15) is 11.0 Å². The van der Waals surface area contributed by atoms with E-state index in [-0.39, 0.29) is 6.61 Å². The highest BCUT2D eigenvalue weighted by Crippen LogP contribution is 2.24. The van der Waals surface area contributed by atoms with Gasteiger partial charge in [0.2, 0.25) is 0 Å². The van der Waals surface area contributed by atoms with Gasteiger partial charge in [-0.1, -0.05) is 30.3 Å². The van der Waals surface area contributed by atoms with Crippen molar-refractivity contribution in [1.82, 2.24) is 4.72 Å². The molecule has 4 heteroatoms. The van der Waals surface area contributed by atoms with Crippen molar-refractivity contribution in [3.05, 3.63) is 42.0 Å². The zero-order chi connectivity index (χ0) is 14.0. The van der Waals surface area contributed by atoms with Gasteiger partial charge < -0.3 is 5.11 Å². The minimum absolute atomic E-state index is 0.0669. The lowest BCUT2D eigenvalue weighted by molar-refractivity contribution is 0.210. The summed E-state index contributed by atoms with van der Waals surface area (Å²) < 4.78 is 15.4. The average Bonchev–Trinajstić information content (AvgIpc) is 2.39. The molecule has 2 N–H and O–H groups in total. The lowest BCUT2D eigenvalue weighted by Gasteiger charge is -2.23. The Kier molecular flexibility index (Phi) is 4.04. The van der Waals surface area contributed by atoms with E-state index in [9.17, 15) is 9.32 Å². The van der Waals surface area contributed by atoms with E-state index in [2.05, 4.69) is 4.72 Å². The number of benzene rings is 2. The molecule has 0 aromatic heterocycles. The van der Waals surface area contributed by atoms with Crippen LogP contribution in [0.2, 0.25) is 0 Å². The number of hydrogen-bond acceptors (Lipinski definition) is 2. The summed E-state index contributed by atoms with van der Waals surface area (Å²) in [6.45, 7) is 5.62. The Morgan fingerprint density at radius 3 is 2.42 bits per heavy atom. The van der Waals surface area contributed by atoms with Gasteiger partial charge in [0, 0.05) is 5.54 Å². The van der Waals surface area contributed by atoms with E-state index in [1.54, 1.807) is 0 Å². The van der Waals surface area contributed by atoms with Crippen LogP contribution < -0.4 is 4.72 Å². The summed E-state index contributed by atoms with van der Waals surface area (Å²) in [7, 11) is -1.35. The molecular weight excluding hydrogens is 258 g/mol. The number of rotatable bonds is 4. The van der Waals surface area contributed by atoms with Crippen LogP contribution in [-0.2, 0) is 11.0 Å². The molecule has 0 saturated heterocycles. The molecule has 19 heavy (non-hydrogen) atoms. The SMILES string of the molecule is Cc1ccc(S(=O)NC(C)(C)CO)c2ccccc12. The molecule has 0 heterocycles. The van der Waals surface area contributed by atoms with Crippen molar-refractivity contribution in [2.24, 2.45) is 0 Å². The number of aliphatic hydroxyl groups excluding tert-OH is 1. The molecule has 0 spiro atoms. The summed E-state index contributed by atoms with van der Waals surface area (Å²) in [5, 5.41) is 11.3. The maximum Gasteiger partial charge on any atom is 0.126 e. The Labute approximate surface area is 116 Å². The summed E-state index contributed by atoms with van der Waals surface area (Å²) >= 11 is 0. The molecule has 2 aromatic rings. The van der Waals surface area contributed by atoms with E-state index in [1.165, 1.54) is 0 Å². The Morgan fingerprint density at radius 2 is 1.79 bits per heavy atom. The minimum atomic E-state index is -1.35. The van der Waals surface area contributed by atoms with Crippen molar-refractivity contribution >= 4 is 21.8 Å². The highest BCUT2D eigenvalue weighted by Gasteiger charge is 2.20. The van der Waals surface area contributed by atoms with Gasteiger partial charge >= 0.3 is 0 Å². The fourth-order valence-electron chi connectivity index (χ4n) is 1.92. The number of fused-ring (bicyclic) bond motifs is 1. The maximum absolute atomic E-state index is 12.4. The predicted molar refractivity (Wildman–Crippen MR) is 79.4 cm³/mol. The number of aryl methyl sites for hydroxylation is 1. The van der Waals surface area contributed by atoms with E-state index in [0.717, 1.165) is 21.2 Å². The molecule has 0 saturated carbocycles. The standard InChI is InChI=1S/C15H19NO2S/c1-11-8-9-14(13-7-5-4-6-12(11)13)19(18)16-15(2,3)10-17/h4-9,16-17H,10H2,1-3H3. The minimum Gasteiger partial charge on any atom is -0.394 e. The maximum atomic E-state index is 12.4. The quantitative estimate of drug-likeness (QED) is 0.902. The highest BCUT2D eigenvalue weighted by atomic mass is 32.2. The summed E-state index contributed by atoms with van der Waals surface area (Å²) in [4.78, 5) is 0.753. The molecule has 2 aromatic carbocycles. The lowest BCUT2D eigenvalue weighted by atomic mass is 10.1. The number of aliphatic hydroxyl groups is 1. The second kappa shape index (κ2) is 5.41. The normalized spacial score (nSPS) is 13.7. The number of hydrogen-bond donors (Lipinski definition) is 2. The summed E-state index contributed by atoms with van der Waals surface area (Å²) in [6, 6.07) is 11.8. The molecule has 0 radical (unpaired) electrons. The third-order valence-electron chi connectivity index (χ3n) is 3.07. The lowest BCUT2D eigenvalue weighted by Crippen LogP contribution is -2.43. The molecule has 3 nitrogen and oxygen atoms in total. The van der Waals surface area contributed by atoms with Gasteiger partial charge in [-0.05, 0) is 43.2 Å². The smallest absolute Gasteiger partial charge is 0.126 e. The van der Waals surface area contributed by atoms with Crippen molar-refractivity contribution in [3.8, 4) is 0 Å². The van der Waals surface area contributed by atoms with Gasteiger partial charge in [-0.25, -0.2) is 8.93 Å². The molecule has 1 unspecified atom stereocenters. The largest absolute Gasteiger partial charge is 0.394 e. The van der Waals surface area contributed by atoms with Crippen LogP contribution >= 0.6 is 0 Å². The van der Waals surface area contributed by atoms with Gasteiger partial charge in [0.05, 0.1) is 11.5 Å². The van der Waals surface area contributed by atoms with Crippen LogP contribution in [-0.4, -0.2) is 21.5 Å². The van der Waals surface area contributed by atoms with Gasteiger partial charge in [-0.3, -0.25) is 0 Å². The fraction of sp³-hybridized carbons (Fsp3) is 0.333. The first-order valence-corrected chi connectivity index (χ1v) is 7.38. The first-order chi connectivity index (χ1) is 8.94. The summed E-state index contributed by atoms with van der Waals surface area (Å²) in [5.41, 5.74) is 0.592. The van der Waals surface area contributed by atoms with Gasteiger partial charge in [0.15, 0.2) is 0 Å². The molecule has 0 bridgehead atoms. The Balaban J connectivity index is 2.46. The predicted octanol–water partition coefficient (Wildman–Crippen LogP) is 2.53. The zero-order valence-corrected chi connectivity index (χ0v) is 12.3. The van der Waals surface area contributed by atoms with Crippen LogP contribution in [0, 0.1) is 6.92 Å². The topological polar surface area (TPSA) is 49.3 Å². The van der Waals surface area contributed by atoms with Crippen molar-refractivity contribution < 1.29 is 9.32 Å². The molecule has 0 aliphatic rings. The summed E-state index contributed by atoms with van der Waals surface area (Å²) in [5.74, 6) is 0. The molecule has 0 aliphatic heterocycles. The van der Waals surface area contributed by atoms with E-state index >= 15 is 0 Å². The molecule has 0 aliphatic carbocycles. The van der Waals surface area contributed by atoms with Crippen LogP contribution in [0.25, 0.3) is 10.8 Å². The van der Waals surface area contributed by atoms with Crippen molar-refractivity contribution in [2.75, 3.05) is 6.61 Å². The molecule has 0 amide bonds. The molecule has 2 rings (SSSR count). The fourth-order valence-corrected chi connectivity index (χ4v) is 3.17. The van der Waals surface area contributed by atoms with Crippen molar-refractivity contribution in [1.29, 1.82) is 0 Å². The first-order valence-electron chi connectivity index (χ1n) is 6.23. The van der Waals surface area contributed by atoms with Crippen molar-refractivity contribution in [3.63, 3.8) is 0 Å². The third kappa shape index (κ3) is 3.03. The van der Waals surface area contributed by atoms with Gasteiger partial charge in [-0.2, -0.15) is 0 Å². The zero-order valence-electron chi connectivity index (χ0n) is 11.4. The van der Waals surface area contributed by atoms with Crippen LogP contribution in [0.1, 0.15) is 19.4 Å². The van der Waals surface area contributed by atoms with Crippen LogP contribution in [0.15, 0.2) is 41.3 Å². The second-order valence-electron chi connectivity index (χ2n) is 5.34. The third-order valence-corrected chi connectivity index (χ3v) is 4.56.